The number of nitrogens with zero attached hydrogens (tertiary/aromatic N) is 2. The fraction of sp³-hybridized carbons (Fsp3) is 0.368. The summed E-state index contributed by atoms with van der Waals surface area (Å²) in [6.07, 6.45) is 5.53. The molecule has 7 heteroatoms. The molecule has 0 fully saturated rings. The van der Waals surface area contributed by atoms with E-state index in [0.717, 1.165) is 24.1 Å². The predicted molar refractivity (Wildman–Crippen MR) is 101 cm³/mol. The molecule has 26 heavy (non-hydrogen) atoms. The summed E-state index contributed by atoms with van der Waals surface area (Å²) in [7, 11) is 0. The molecule has 4 rings (SSSR count). The van der Waals surface area contributed by atoms with E-state index in [0.29, 0.717) is 33.8 Å². The number of carbonyl (C=O) groups excluding carboxylic acids is 1. The van der Waals surface area contributed by atoms with Crippen molar-refractivity contribution in [1.82, 2.24) is 15.0 Å². The predicted octanol–water partition coefficient (Wildman–Crippen LogP) is 3.23. The second-order valence-electron chi connectivity index (χ2n) is 6.81. The quantitative estimate of drug-likeness (QED) is 0.639. The van der Waals surface area contributed by atoms with Crippen LogP contribution in [0.25, 0.3) is 0 Å². The summed E-state index contributed by atoms with van der Waals surface area (Å²) in [5.74, 6) is 0.231. The zero-order valence-corrected chi connectivity index (χ0v) is 15.5. The highest BCUT2D eigenvalue weighted by atomic mass is 32.2. The fourth-order valence-electron chi connectivity index (χ4n) is 3.60. The van der Waals surface area contributed by atoms with Crippen molar-refractivity contribution in [3.05, 3.63) is 57.3 Å². The Morgan fingerprint density at radius 2 is 2.12 bits per heavy atom. The number of anilines is 1. The van der Waals surface area contributed by atoms with Crippen molar-refractivity contribution in [2.45, 2.75) is 49.4 Å². The first-order valence-electron chi connectivity index (χ1n) is 8.78. The van der Waals surface area contributed by atoms with E-state index in [1.807, 2.05) is 12.1 Å². The topological polar surface area (TPSA) is 87.7 Å². The summed E-state index contributed by atoms with van der Waals surface area (Å²) in [6.45, 7) is 4.10. The van der Waals surface area contributed by atoms with Gasteiger partial charge >= 0.3 is 0 Å². The fourth-order valence-corrected chi connectivity index (χ4v) is 4.34. The lowest BCUT2D eigenvalue weighted by Gasteiger charge is -2.32. The van der Waals surface area contributed by atoms with Crippen molar-refractivity contribution < 1.29 is 4.79 Å². The van der Waals surface area contributed by atoms with Crippen LogP contribution in [0.1, 0.15) is 50.2 Å². The SMILES string of the molecule is CC(C)Sc1nc2c(c(=O)[nH]1)[C@H](c1cccnc1)C1=C(CCCC1=O)N2. The summed E-state index contributed by atoms with van der Waals surface area (Å²) in [5.41, 5.74) is 2.72. The zero-order valence-electron chi connectivity index (χ0n) is 14.7. The maximum absolute atomic E-state index is 12.9. The first-order chi connectivity index (χ1) is 12.5. The Morgan fingerprint density at radius 3 is 2.85 bits per heavy atom. The summed E-state index contributed by atoms with van der Waals surface area (Å²) in [4.78, 5) is 37.3. The van der Waals surface area contributed by atoms with Gasteiger partial charge in [-0.3, -0.25) is 14.6 Å². The normalized spacial score (nSPS) is 19.2. The minimum absolute atomic E-state index is 0.0956. The van der Waals surface area contributed by atoms with Gasteiger partial charge in [0, 0.05) is 41.3 Å². The molecule has 0 unspecified atom stereocenters. The molecule has 0 amide bonds. The van der Waals surface area contributed by atoms with Crippen molar-refractivity contribution >= 4 is 23.4 Å². The van der Waals surface area contributed by atoms with Crippen LogP contribution in [0.15, 0.2) is 45.7 Å². The van der Waals surface area contributed by atoms with Crippen LogP contribution in [-0.4, -0.2) is 26.0 Å². The van der Waals surface area contributed by atoms with Crippen molar-refractivity contribution in [1.29, 1.82) is 0 Å². The minimum Gasteiger partial charge on any atom is -0.343 e. The van der Waals surface area contributed by atoms with Gasteiger partial charge in [0.1, 0.15) is 5.82 Å². The zero-order chi connectivity index (χ0) is 18.3. The number of ketones is 1. The first kappa shape index (κ1) is 17.0. The number of carbonyl (C=O) groups is 1. The summed E-state index contributed by atoms with van der Waals surface area (Å²) in [6, 6.07) is 3.74. The first-order valence-corrected chi connectivity index (χ1v) is 9.66. The average molecular weight is 368 g/mol. The minimum atomic E-state index is -0.419. The molecular weight excluding hydrogens is 348 g/mol. The number of fused-ring (bicyclic) bond motifs is 1. The second-order valence-corrected chi connectivity index (χ2v) is 8.38. The summed E-state index contributed by atoms with van der Waals surface area (Å²) < 4.78 is 0. The molecule has 0 saturated carbocycles. The van der Waals surface area contributed by atoms with Crippen LogP contribution in [0.3, 0.4) is 0 Å². The highest BCUT2D eigenvalue weighted by Gasteiger charge is 2.37. The lowest BCUT2D eigenvalue weighted by Crippen LogP contribution is -2.32. The number of rotatable bonds is 3. The molecule has 1 aliphatic carbocycles. The standard InChI is InChI=1S/C19H20N4O2S/c1-10(2)26-19-22-17-16(18(25)23-19)14(11-5-4-8-20-9-11)15-12(21-17)6-3-7-13(15)24/h4-5,8-10,14H,3,6-7H2,1-2H3,(H2,21,22,23,25)/t14-/m1/s1. The summed E-state index contributed by atoms with van der Waals surface area (Å²) in [5, 5.41) is 4.17. The van der Waals surface area contributed by atoms with E-state index in [4.69, 9.17) is 0 Å². The third-order valence-corrected chi connectivity index (χ3v) is 5.49. The van der Waals surface area contributed by atoms with Crippen LogP contribution in [0, 0.1) is 0 Å². The van der Waals surface area contributed by atoms with Crippen molar-refractivity contribution in [3.8, 4) is 0 Å². The molecule has 6 nitrogen and oxygen atoms in total. The van der Waals surface area contributed by atoms with Crippen LogP contribution in [0.4, 0.5) is 5.82 Å². The molecule has 0 aromatic carbocycles. The molecule has 134 valence electrons. The van der Waals surface area contributed by atoms with Crippen LogP contribution in [0.2, 0.25) is 0 Å². The van der Waals surface area contributed by atoms with Crippen LogP contribution >= 0.6 is 11.8 Å². The maximum Gasteiger partial charge on any atom is 0.257 e. The van der Waals surface area contributed by atoms with Crippen molar-refractivity contribution in [2.24, 2.45) is 0 Å². The molecule has 1 atom stereocenters. The molecule has 0 spiro atoms. The lowest BCUT2D eigenvalue weighted by molar-refractivity contribution is -0.116. The Hall–Kier alpha value is -2.41. The molecule has 2 N–H and O–H groups in total. The third-order valence-electron chi connectivity index (χ3n) is 4.60. The molecule has 2 aromatic heterocycles. The highest BCUT2D eigenvalue weighted by Crippen LogP contribution is 2.43. The largest absolute Gasteiger partial charge is 0.343 e. The molecule has 0 bridgehead atoms. The van der Waals surface area contributed by atoms with E-state index >= 15 is 0 Å². The number of aromatic amines is 1. The van der Waals surface area contributed by atoms with E-state index in [-0.39, 0.29) is 11.3 Å². The van der Waals surface area contributed by atoms with E-state index in [1.54, 1.807) is 12.4 Å². The van der Waals surface area contributed by atoms with Gasteiger partial charge in [0.15, 0.2) is 10.9 Å². The Kier molecular flexibility index (Phi) is 4.40. The summed E-state index contributed by atoms with van der Waals surface area (Å²) >= 11 is 1.51. The van der Waals surface area contributed by atoms with Gasteiger partial charge in [0.2, 0.25) is 0 Å². The third kappa shape index (κ3) is 2.96. The van der Waals surface area contributed by atoms with Gasteiger partial charge in [0.25, 0.3) is 5.56 Å². The molecule has 2 aliphatic rings. The maximum atomic E-state index is 12.9. The average Bonchev–Trinajstić information content (AvgIpc) is 2.60. The molecule has 2 aromatic rings. The molecule has 0 saturated heterocycles. The van der Waals surface area contributed by atoms with E-state index < -0.39 is 5.92 Å². The number of thioether (sulfide) groups is 1. The van der Waals surface area contributed by atoms with Gasteiger partial charge < -0.3 is 10.3 Å². The smallest absolute Gasteiger partial charge is 0.257 e. The van der Waals surface area contributed by atoms with Crippen LogP contribution in [0.5, 0.6) is 0 Å². The number of Topliss-reactive ketones (excluding diaryl/α,β-unsaturated/α-hetero) is 1. The van der Waals surface area contributed by atoms with Crippen LogP contribution in [-0.2, 0) is 4.79 Å². The van der Waals surface area contributed by atoms with E-state index in [9.17, 15) is 9.59 Å². The Morgan fingerprint density at radius 1 is 1.27 bits per heavy atom. The van der Waals surface area contributed by atoms with Crippen molar-refractivity contribution in [2.75, 3.05) is 5.32 Å². The van der Waals surface area contributed by atoms with Gasteiger partial charge in [0.05, 0.1) is 5.56 Å². The van der Waals surface area contributed by atoms with Crippen molar-refractivity contribution in [3.63, 3.8) is 0 Å². The Labute approximate surface area is 155 Å². The highest BCUT2D eigenvalue weighted by molar-refractivity contribution is 7.99. The van der Waals surface area contributed by atoms with Crippen LogP contribution < -0.4 is 10.9 Å². The molecule has 1 aliphatic heterocycles. The monoisotopic (exact) mass is 368 g/mol. The van der Waals surface area contributed by atoms with Gasteiger partial charge in [-0.2, -0.15) is 0 Å². The number of nitrogens with one attached hydrogen (secondary N) is 2. The molecular formula is C19H20N4O2S. The number of pyridine rings is 1. The van der Waals surface area contributed by atoms with Gasteiger partial charge in [-0.1, -0.05) is 31.7 Å². The number of H-pyrrole nitrogens is 1. The molecule has 3 heterocycles. The van der Waals surface area contributed by atoms with E-state index in [1.165, 1.54) is 11.8 Å². The number of aromatic nitrogens is 3. The Balaban J connectivity index is 1.92. The second kappa shape index (κ2) is 6.72. The van der Waals surface area contributed by atoms with E-state index in [2.05, 4.69) is 34.1 Å². The van der Waals surface area contributed by atoms with Gasteiger partial charge in [-0.25, -0.2) is 4.98 Å². The van der Waals surface area contributed by atoms with Gasteiger partial charge in [-0.15, -0.1) is 0 Å². The molecule has 0 radical (unpaired) electrons. The Bertz CT molecular complexity index is 950. The number of allylic oxidation sites excluding steroid dienone is 2. The lowest BCUT2D eigenvalue weighted by atomic mass is 9.77. The number of hydrogen-bond donors (Lipinski definition) is 2. The van der Waals surface area contributed by atoms with Gasteiger partial charge in [-0.05, 0) is 24.5 Å². The number of hydrogen-bond acceptors (Lipinski definition) is 6.